The summed E-state index contributed by atoms with van der Waals surface area (Å²) in [6.07, 6.45) is 2.30. The molecule has 0 radical (unpaired) electrons. The number of nitrogens with one attached hydrogen (secondary N) is 1. The van der Waals surface area contributed by atoms with Crippen molar-refractivity contribution < 1.29 is 8.78 Å². The van der Waals surface area contributed by atoms with Gasteiger partial charge in [-0.05, 0) is 25.7 Å². The maximum Gasteiger partial charge on any atom is 0.178 e. The number of pyridine rings is 1. The Bertz CT molecular complexity index is 420. The van der Waals surface area contributed by atoms with Crippen molar-refractivity contribution in [2.45, 2.75) is 25.8 Å². The van der Waals surface area contributed by atoms with Crippen molar-refractivity contribution in [3.63, 3.8) is 0 Å². The highest BCUT2D eigenvalue weighted by molar-refractivity contribution is 5.49. The van der Waals surface area contributed by atoms with Gasteiger partial charge in [-0.2, -0.15) is 0 Å². The highest BCUT2D eigenvalue weighted by atomic mass is 19.1. The Hall–Kier alpha value is -1.43. The van der Waals surface area contributed by atoms with Gasteiger partial charge < -0.3 is 10.3 Å². The number of halogens is 2. The number of rotatable bonds is 4. The molecule has 1 heterocycles. The van der Waals surface area contributed by atoms with Crippen molar-refractivity contribution >= 4 is 11.6 Å². The number of hydrogen-bond donors (Lipinski definition) is 2. The zero-order valence-electron chi connectivity index (χ0n) is 9.87. The first-order valence-corrected chi connectivity index (χ1v) is 5.60. The van der Waals surface area contributed by atoms with E-state index in [9.17, 15) is 8.78 Å². The van der Waals surface area contributed by atoms with E-state index in [1.807, 2.05) is 6.92 Å². The molecule has 1 atom stereocenters. The Morgan fingerprint density at radius 3 is 2.65 bits per heavy atom. The molecule has 0 aliphatic heterocycles. The van der Waals surface area contributed by atoms with Gasteiger partial charge in [-0.3, -0.25) is 0 Å². The molecule has 1 aliphatic rings. The predicted octanol–water partition coefficient (Wildman–Crippen LogP) is 1.88. The zero-order valence-corrected chi connectivity index (χ0v) is 9.87. The number of hydrogen-bond acceptors (Lipinski definition) is 4. The zero-order chi connectivity index (χ0) is 12.6. The molecule has 0 saturated heterocycles. The molecule has 0 amide bonds. The Morgan fingerprint density at radius 2 is 2.12 bits per heavy atom. The van der Waals surface area contributed by atoms with E-state index in [2.05, 4.69) is 10.4 Å². The van der Waals surface area contributed by atoms with Gasteiger partial charge in [0.05, 0.1) is 0 Å². The molecular formula is C11H16F2N4. The lowest BCUT2D eigenvalue weighted by Crippen LogP contribution is -2.32. The van der Waals surface area contributed by atoms with Crippen LogP contribution in [0.2, 0.25) is 0 Å². The first kappa shape index (κ1) is 12.0. The van der Waals surface area contributed by atoms with E-state index in [1.54, 1.807) is 11.9 Å². The quantitative estimate of drug-likeness (QED) is 0.625. The predicted molar refractivity (Wildman–Crippen MR) is 62.6 cm³/mol. The Morgan fingerprint density at radius 1 is 1.47 bits per heavy atom. The van der Waals surface area contributed by atoms with Gasteiger partial charge in [0.2, 0.25) is 0 Å². The van der Waals surface area contributed by atoms with Crippen LogP contribution in [0.1, 0.15) is 19.8 Å². The minimum atomic E-state index is -0.791. The van der Waals surface area contributed by atoms with E-state index in [1.165, 1.54) is 0 Å². The third-order valence-corrected chi connectivity index (χ3v) is 3.30. The minimum Gasteiger partial charge on any atom is -0.354 e. The average molecular weight is 242 g/mol. The topological polar surface area (TPSA) is 54.2 Å². The maximum absolute atomic E-state index is 13.6. The SMILES string of the molecule is CC(C1CC1)N(C)c1nc(NN)c(F)cc1F. The Kier molecular flexibility index (Phi) is 3.15. The molecule has 1 aromatic rings. The van der Waals surface area contributed by atoms with Crippen LogP contribution in [0.5, 0.6) is 0 Å². The van der Waals surface area contributed by atoms with Gasteiger partial charge in [-0.15, -0.1) is 0 Å². The first-order chi connectivity index (χ1) is 8.04. The van der Waals surface area contributed by atoms with Gasteiger partial charge in [0.15, 0.2) is 23.3 Å². The van der Waals surface area contributed by atoms with Crippen molar-refractivity contribution in [1.82, 2.24) is 4.98 Å². The van der Waals surface area contributed by atoms with Crippen molar-refractivity contribution in [3.05, 3.63) is 17.7 Å². The van der Waals surface area contributed by atoms with Gasteiger partial charge >= 0.3 is 0 Å². The van der Waals surface area contributed by atoms with E-state index in [0.717, 1.165) is 18.9 Å². The molecule has 1 unspecified atom stereocenters. The molecular weight excluding hydrogens is 226 g/mol. The highest BCUT2D eigenvalue weighted by Gasteiger charge is 2.32. The second-order valence-electron chi connectivity index (χ2n) is 4.46. The van der Waals surface area contributed by atoms with Gasteiger partial charge in [-0.1, -0.05) is 0 Å². The first-order valence-electron chi connectivity index (χ1n) is 5.60. The summed E-state index contributed by atoms with van der Waals surface area (Å²) in [5.74, 6) is 4.22. The summed E-state index contributed by atoms with van der Waals surface area (Å²) in [5.41, 5.74) is 2.12. The molecule has 17 heavy (non-hydrogen) atoms. The number of aromatic nitrogens is 1. The number of nitrogen functional groups attached to an aromatic ring is 1. The largest absolute Gasteiger partial charge is 0.354 e. The lowest BCUT2D eigenvalue weighted by molar-refractivity contribution is 0.549. The fraction of sp³-hybridized carbons (Fsp3) is 0.545. The van der Waals surface area contributed by atoms with Crippen LogP contribution in [0, 0.1) is 17.6 Å². The van der Waals surface area contributed by atoms with Gasteiger partial charge in [0, 0.05) is 19.2 Å². The fourth-order valence-corrected chi connectivity index (χ4v) is 1.89. The number of anilines is 2. The molecule has 2 rings (SSSR count). The second-order valence-corrected chi connectivity index (χ2v) is 4.46. The molecule has 4 nitrogen and oxygen atoms in total. The van der Waals surface area contributed by atoms with Crippen LogP contribution >= 0.6 is 0 Å². The molecule has 1 fully saturated rings. The fourth-order valence-electron chi connectivity index (χ4n) is 1.89. The summed E-state index contributed by atoms with van der Waals surface area (Å²) < 4.78 is 26.9. The van der Waals surface area contributed by atoms with E-state index in [0.29, 0.717) is 5.92 Å². The number of nitrogens with zero attached hydrogens (tertiary/aromatic N) is 2. The van der Waals surface area contributed by atoms with E-state index >= 15 is 0 Å². The molecule has 0 spiro atoms. The average Bonchev–Trinajstić information content (AvgIpc) is 3.11. The van der Waals surface area contributed by atoms with E-state index < -0.39 is 11.6 Å². The lowest BCUT2D eigenvalue weighted by Gasteiger charge is -2.26. The summed E-state index contributed by atoms with van der Waals surface area (Å²) in [6.45, 7) is 2.01. The van der Waals surface area contributed by atoms with E-state index in [4.69, 9.17) is 5.84 Å². The normalized spacial score (nSPS) is 16.8. The van der Waals surface area contributed by atoms with Crippen LogP contribution in [0.25, 0.3) is 0 Å². The molecule has 6 heteroatoms. The Balaban J connectivity index is 2.29. The number of nitrogens with two attached hydrogens (primary N) is 1. The van der Waals surface area contributed by atoms with Crippen molar-refractivity contribution in [2.75, 3.05) is 17.4 Å². The molecule has 1 aliphatic carbocycles. The Labute approximate surface area is 98.8 Å². The third-order valence-electron chi connectivity index (χ3n) is 3.30. The second kappa shape index (κ2) is 4.44. The highest BCUT2D eigenvalue weighted by Crippen LogP contribution is 2.36. The number of hydrazine groups is 1. The standard InChI is InChI=1S/C11H16F2N4/c1-6(7-3-4-7)17(2)11-9(13)5-8(12)10(15-11)16-14/h5-7H,3-4,14H2,1-2H3,(H,15,16). The minimum absolute atomic E-state index is 0.124. The van der Waals surface area contributed by atoms with Crippen LogP contribution < -0.4 is 16.2 Å². The summed E-state index contributed by atoms with van der Waals surface area (Å²) in [4.78, 5) is 5.59. The summed E-state index contributed by atoms with van der Waals surface area (Å²) >= 11 is 0. The van der Waals surface area contributed by atoms with E-state index in [-0.39, 0.29) is 17.7 Å². The van der Waals surface area contributed by atoms with Gasteiger partial charge in [0.1, 0.15) is 0 Å². The van der Waals surface area contributed by atoms with Crippen LogP contribution in [0.3, 0.4) is 0 Å². The van der Waals surface area contributed by atoms with Crippen LogP contribution in [-0.2, 0) is 0 Å². The summed E-state index contributed by atoms with van der Waals surface area (Å²) in [6, 6.07) is 0.987. The molecule has 1 saturated carbocycles. The van der Waals surface area contributed by atoms with Crippen LogP contribution in [-0.4, -0.2) is 18.1 Å². The maximum atomic E-state index is 13.6. The molecule has 3 N–H and O–H groups in total. The molecule has 0 bridgehead atoms. The van der Waals surface area contributed by atoms with Crippen molar-refractivity contribution in [1.29, 1.82) is 0 Å². The monoisotopic (exact) mass is 242 g/mol. The van der Waals surface area contributed by atoms with Gasteiger partial charge in [0.25, 0.3) is 0 Å². The van der Waals surface area contributed by atoms with Crippen LogP contribution in [0.4, 0.5) is 20.4 Å². The summed E-state index contributed by atoms with van der Waals surface area (Å²) in [5, 5.41) is 0. The van der Waals surface area contributed by atoms with Gasteiger partial charge in [-0.25, -0.2) is 19.6 Å². The smallest absolute Gasteiger partial charge is 0.178 e. The molecule has 94 valence electrons. The summed E-state index contributed by atoms with van der Waals surface area (Å²) in [7, 11) is 1.76. The molecule has 0 aromatic carbocycles. The molecule has 1 aromatic heterocycles. The van der Waals surface area contributed by atoms with Crippen LogP contribution in [0.15, 0.2) is 6.07 Å². The van der Waals surface area contributed by atoms with Crippen molar-refractivity contribution in [3.8, 4) is 0 Å². The van der Waals surface area contributed by atoms with Crippen molar-refractivity contribution in [2.24, 2.45) is 11.8 Å². The third kappa shape index (κ3) is 2.31. The lowest BCUT2D eigenvalue weighted by atomic mass is 10.2.